The summed E-state index contributed by atoms with van der Waals surface area (Å²) in [6.45, 7) is 2.07. The quantitative estimate of drug-likeness (QED) is 0.783. The van der Waals surface area contributed by atoms with Gasteiger partial charge in [-0.05, 0) is 30.7 Å². The van der Waals surface area contributed by atoms with E-state index in [1.165, 1.54) is 0 Å². The van der Waals surface area contributed by atoms with Crippen molar-refractivity contribution in [2.45, 2.75) is 13.5 Å². The SMILES string of the molecule is Cc1c(N)cccc1NC(=O)Cn1cccn1. The van der Waals surface area contributed by atoms with Crippen LogP contribution in [0.2, 0.25) is 0 Å². The maximum Gasteiger partial charge on any atom is 0.246 e. The Balaban J connectivity index is 2.06. The van der Waals surface area contributed by atoms with Crippen LogP contribution in [0.1, 0.15) is 5.56 Å². The van der Waals surface area contributed by atoms with E-state index >= 15 is 0 Å². The first-order chi connectivity index (χ1) is 8.16. The van der Waals surface area contributed by atoms with Crippen LogP contribution in [0.15, 0.2) is 36.7 Å². The highest BCUT2D eigenvalue weighted by atomic mass is 16.2. The highest BCUT2D eigenvalue weighted by Crippen LogP contribution is 2.20. The van der Waals surface area contributed by atoms with Gasteiger partial charge in [0.2, 0.25) is 5.91 Å². The lowest BCUT2D eigenvalue weighted by atomic mass is 10.1. The molecule has 5 heteroatoms. The minimum atomic E-state index is -0.123. The minimum absolute atomic E-state index is 0.123. The van der Waals surface area contributed by atoms with Crippen molar-refractivity contribution in [1.29, 1.82) is 0 Å². The summed E-state index contributed by atoms with van der Waals surface area (Å²) in [5.41, 5.74) is 8.05. The predicted octanol–water partition coefficient (Wildman–Crippen LogP) is 1.41. The topological polar surface area (TPSA) is 72.9 Å². The van der Waals surface area contributed by atoms with Gasteiger partial charge < -0.3 is 11.1 Å². The van der Waals surface area contributed by atoms with Gasteiger partial charge in [0.25, 0.3) is 0 Å². The molecule has 2 rings (SSSR count). The van der Waals surface area contributed by atoms with Crippen LogP contribution >= 0.6 is 0 Å². The van der Waals surface area contributed by atoms with Gasteiger partial charge in [0, 0.05) is 23.8 Å². The summed E-state index contributed by atoms with van der Waals surface area (Å²) in [5, 5.41) is 6.78. The zero-order valence-corrected chi connectivity index (χ0v) is 9.55. The van der Waals surface area contributed by atoms with E-state index in [1.54, 1.807) is 29.2 Å². The van der Waals surface area contributed by atoms with E-state index in [-0.39, 0.29) is 12.5 Å². The third-order valence-electron chi connectivity index (χ3n) is 2.51. The van der Waals surface area contributed by atoms with Crippen LogP contribution in [0.25, 0.3) is 0 Å². The Labute approximate surface area is 99.2 Å². The molecule has 5 nitrogen and oxygen atoms in total. The van der Waals surface area contributed by atoms with Gasteiger partial charge in [-0.1, -0.05) is 6.07 Å². The molecule has 3 N–H and O–H groups in total. The van der Waals surface area contributed by atoms with Crippen LogP contribution in [0.3, 0.4) is 0 Å². The number of rotatable bonds is 3. The predicted molar refractivity (Wildman–Crippen MR) is 66.4 cm³/mol. The third kappa shape index (κ3) is 2.63. The number of nitrogens with zero attached hydrogens (tertiary/aromatic N) is 2. The van der Waals surface area contributed by atoms with E-state index in [0.29, 0.717) is 5.69 Å². The molecule has 0 aliphatic rings. The first-order valence-corrected chi connectivity index (χ1v) is 5.29. The minimum Gasteiger partial charge on any atom is -0.398 e. The summed E-state index contributed by atoms with van der Waals surface area (Å²) >= 11 is 0. The fourth-order valence-corrected chi connectivity index (χ4v) is 1.52. The molecule has 0 radical (unpaired) electrons. The Kier molecular flexibility index (Phi) is 3.09. The monoisotopic (exact) mass is 230 g/mol. The molecule has 17 heavy (non-hydrogen) atoms. The molecule has 88 valence electrons. The van der Waals surface area contributed by atoms with E-state index in [9.17, 15) is 4.79 Å². The largest absolute Gasteiger partial charge is 0.398 e. The standard InChI is InChI=1S/C12H14N4O/c1-9-10(13)4-2-5-11(9)15-12(17)8-16-7-3-6-14-16/h2-7H,8,13H2,1H3,(H,15,17). The molecule has 0 saturated heterocycles. The van der Waals surface area contributed by atoms with Crippen LogP contribution in [-0.4, -0.2) is 15.7 Å². The second-order valence-corrected chi connectivity index (χ2v) is 3.77. The van der Waals surface area contributed by atoms with Gasteiger partial charge in [0.1, 0.15) is 6.54 Å². The van der Waals surface area contributed by atoms with Gasteiger partial charge in [0.05, 0.1) is 0 Å². The molecule has 1 aromatic heterocycles. The van der Waals surface area contributed by atoms with Gasteiger partial charge in [-0.25, -0.2) is 0 Å². The summed E-state index contributed by atoms with van der Waals surface area (Å²) in [6, 6.07) is 7.22. The first-order valence-electron chi connectivity index (χ1n) is 5.29. The molecule has 2 aromatic rings. The van der Waals surface area contributed by atoms with Crippen LogP contribution < -0.4 is 11.1 Å². The van der Waals surface area contributed by atoms with E-state index in [1.807, 2.05) is 19.1 Å². The molecule has 0 saturated carbocycles. The third-order valence-corrected chi connectivity index (χ3v) is 2.51. The lowest BCUT2D eigenvalue weighted by molar-refractivity contribution is -0.116. The average Bonchev–Trinajstić information content (AvgIpc) is 2.77. The molecule has 0 aliphatic heterocycles. The summed E-state index contributed by atoms with van der Waals surface area (Å²) in [5.74, 6) is -0.123. The van der Waals surface area contributed by atoms with E-state index in [4.69, 9.17) is 5.73 Å². The zero-order chi connectivity index (χ0) is 12.3. The smallest absolute Gasteiger partial charge is 0.246 e. The van der Waals surface area contributed by atoms with Gasteiger partial charge in [-0.15, -0.1) is 0 Å². The Morgan fingerprint density at radius 1 is 1.47 bits per heavy atom. The van der Waals surface area contributed by atoms with Crippen molar-refractivity contribution in [3.8, 4) is 0 Å². The number of nitrogens with two attached hydrogens (primary N) is 1. The van der Waals surface area contributed by atoms with Crippen molar-refractivity contribution < 1.29 is 4.79 Å². The lowest BCUT2D eigenvalue weighted by Crippen LogP contribution is -2.19. The number of amides is 1. The number of nitrogens with one attached hydrogen (secondary N) is 1. The maximum absolute atomic E-state index is 11.7. The lowest BCUT2D eigenvalue weighted by Gasteiger charge is -2.10. The second kappa shape index (κ2) is 4.69. The molecular weight excluding hydrogens is 216 g/mol. The Morgan fingerprint density at radius 2 is 2.29 bits per heavy atom. The molecule has 0 unspecified atom stereocenters. The van der Waals surface area contributed by atoms with Crippen molar-refractivity contribution in [2.24, 2.45) is 0 Å². The summed E-state index contributed by atoms with van der Waals surface area (Å²) in [4.78, 5) is 11.7. The average molecular weight is 230 g/mol. The van der Waals surface area contributed by atoms with Crippen LogP contribution in [0.4, 0.5) is 11.4 Å². The second-order valence-electron chi connectivity index (χ2n) is 3.77. The van der Waals surface area contributed by atoms with Crippen LogP contribution in [-0.2, 0) is 11.3 Å². The zero-order valence-electron chi connectivity index (χ0n) is 9.55. The summed E-state index contributed by atoms with van der Waals surface area (Å²) in [6.07, 6.45) is 3.38. The number of anilines is 2. The van der Waals surface area contributed by atoms with Gasteiger partial charge >= 0.3 is 0 Å². The number of benzene rings is 1. The van der Waals surface area contributed by atoms with Gasteiger partial charge in [0.15, 0.2) is 0 Å². The van der Waals surface area contributed by atoms with Crippen molar-refractivity contribution in [2.75, 3.05) is 11.1 Å². The van der Waals surface area contributed by atoms with Crippen LogP contribution in [0.5, 0.6) is 0 Å². The van der Waals surface area contributed by atoms with E-state index < -0.39 is 0 Å². The van der Waals surface area contributed by atoms with Crippen LogP contribution in [0, 0.1) is 6.92 Å². The molecule has 0 spiro atoms. The molecular formula is C12H14N4O. The molecule has 1 aromatic carbocycles. The van der Waals surface area contributed by atoms with Gasteiger partial charge in [-0.3, -0.25) is 9.48 Å². The molecule has 1 heterocycles. The molecule has 0 fully saturated rings. The number of hydrogen-bond acceptors (Lipinski definition) is 3. The summed E-state index contributed by atoms with van der Waals surface area (Å²) < 4.78 is 1.57. The molecule has 0 aliphatic carbocycles. The Bertz CT molecular complexity index is 519. The first kappa shape index (κ1) is 11.2. The fraction of sp³-hybridized carbons (Fsp3) is 0.167. The van der Waals surface area contributed by atoms with Crippen molar-refractivity contribution in [1.82, 2.24) is 9.78 Å². The van der Waals surface area contributed by atoms with Crippen molar-refractivity contribution in [3.05, 3.63) is 42.2 Å². The van der Waals surface area contributed by atoms with Crippen molar-refractivity contribution >= 4 is 17.3 Å². The van der Waals surface area contributed by atoms with E-state index in [0.717, 1.165) is 11.3 Å². The Hall–Kier alpha value is -2.30. The number of nitrogen functional groups attached to an aromatic ring is 1. The van der Waals surface area contributed by atoms with Gasteiger partial charge in [-0.2, -0.15) is 5.10 Å². The number of carbonyl (C=O) groups excluding carboxylic acids is 1. The molecule has 1 amide bonds. The van der Waals surface area contributed by atoms with Crippen molar-refractivity contribution in [3.63, 3.8) is 0 Å². The Morgan fingerprint density at radius 3 is 3.00 bits per heavy atom. The fourth-order valence-electron chi connectivity index (χ4n) is 1.52. The number of aromatic nitrogens is 2. The highest BCUT2D eigenvalue weighted by Gasteiger charge is 2.06. The maximum atomic E-state index is 11.7. The molecule has 0 bridgehead atoms. The highest BCUT2D eigenvalue weighted by molar-refractivity contribution is 5.92. The normalized spacial score (nSPS) is 10.2. The van der Waals surface area contributed by atoms with E-state index in [2.05, 4.69) is 10.4 Å². The number of carbonyl (C=O) groups is 1. The number of hydrogen-bond donors (Lipinski definition) is 2. The summed E-state index contributed by atoms with van der Waals surface area (Å²) in [7, 11) is 0. The molecule has 0 atom stereocenters.